The van der Waals surface area contributed by atoms with E-state index in [1.807, 2.05) is 0 Å². The normalized spacial score (nSPS) is 16.4. The zero-order valence-electron chi connectivity index (χ0n) is 14.4. The molecule has 0 aliphatic carbocycles. The summed E-state index contributed by atoms with van der Waals surface area (Å²) in [5, 5.41) is 0. The number of amides is 1. The van der Waals surface area contributed by atoms with Crippen LogP contribution in [0.2, 0.25) is 0 Å². The molecule has 2 aromatic rings. The van der Waals surface area contributed by atoms with Crippen LogP contribution in [0.5, 0.6) is 5.75 Å². The molecule has 26 heavy (non-hydrogen) atoms. The summed E-state index contributed by atoms with van der Waals surface area (Å²) in [4.78, 5) is 38.0. The Labute approximate surface area is 151 Å². The molecule has 1 heterocycles. The van der Waals surface area contributed by atoms with Gasteiger partial charge in [0.2, 0.25) is 5.91 Å². The predicted molar refractivity (Wildman–Crippen MR) is 95.2 cm³/mol. The Hall–Kier alpha value is -3.15. The van der Waals surface area contributed by atoms with Crippen molar-refractivity contribution in [3.8, 4) is 5.75 Å². The molecular formula is C20H19NO5. The molecule has 0 bridgehead atoms. The number of benzene rings is 2. The van der Waals surface area contributed by atoms with Crippen molar-refractivity contribution in [1.82, 2.24) is 0 Å². The molecule has 0 N–H and O–H groups in total. The maximum absolute atomic E-state index is 12.2. The van der Waals surface area contributed by atoms with Crippen molar-refractivity contribution < 1.29 is 23.9 Å². The Morgan fingerprint density at radius 3 is 2.42 bits per heavy atom. The van der Waals surface area contributed by atoms with Crippen LogP contribution >= 0.6 is 0 Å². The summed E-state index contributed by atoms with van der Waals surface area (Å²) >= 11 is 0. The summed E-state index contributed by atoms with van der Waals surface area (Å²) in [7, 11) is 1.57. The second-order valence-corrected chi connectivity index (χ2v) is 6.00. The summed E-state index contributed by atoms with van der Waals surface area (Å²) < 4.78 is 10.2. The van der Waals surface area contributed by atoms with Crippen LogP contribution in [0, 0.1) is 5.92 Å². The average Bonchev–Trinajstić information content (AvgIpc) is 3.08. The first kappa shape index (κ1) is 17.7. The minimum absolute atomic E-state index is 0.0738. The predicted octanol–water partition coefficient (Wildman–Crippen LogP) is 2.47. The van der Waals surface area contributed by atoms with Gasteiger partial charge in [0.1, 0.15) is 5.75 Å². The molecule has 0 unspecified atom stereocenters. The molecule has 1 fully saturated rings. The summed E-state index contributed by atoms with van der Waals surface area (Å²) in [6.45, 7) is -0.0837. The van der Waals surface area contributed by atoms with Crippen molar-refractivity contribution >= 4 is 23.3 Å². The molecule has 134 valence electrons. The highest BCUT2D eigenvalue weighted by Crippen LogP contribution is 2.27. The smallest absolute Gasteiger partial charge is 0.311 e. The molecule has 6 nitrogen and oxygen atoms in total. The topological polar surface area (TPSA) is 72.9 Å². The van der Waals surface area contributed by atoms with E-state index in [0.29, 0.717) is 17.0 Å². The molecule has 0 saturated carbocycles. The van der Waals surface area contributed by atoms with E-state index in [9.17, 15) is 14.4 Å². The molecule has 1 atom stereocenters. The van der Waals surface area contributed by atoms with E-state index in [-0.39, 0.29) is 31.3 Å². The Morgan fingerprint density at radius 1 is 1.08 bits per heavy atom. The van der Waals surface area contributed by atoms with Gasteiger partial charge in [-0.1, -0.05) is 30.3 Å². The third-order valence-corrected chi connectivity index (χ3v) is 4.28. The summed E-state index contributed by atoms with van der Waals surface area (Å²) in [6, 6.07) is 15.7. The number of nitrogens with zero attached hydrogens (tertiary/aromatic N) is 1. The van der Waals surface area contributed by atoms with Crippen LogP contribution in [0.15, 0.2) is 54.6 Å². The molecule has 0 aromatic heterocycles. The number of hydrogen-bond donors (Lipinski definition) is 0. The van der Waals surface area contributed by atoms with Crippen LogP contribution in [-0.4, -0.2) is 37.9 Å². The average molecular weight is 353 g/mol. The second kappa shape index (κ2) is 7.82. The third kappa shape index (κ3) is 3.91. The van der Waals surface area contributed by atoms with Gasteiger partial charge < -0.3 is 14.4 Å². The SMILES string of the molecule is COc1ccc(N2C[C@H](C(=O)OCC(=O)c3ccccc3)CC2=O)cc1. The Bertz CT molecular complexity index is 801. The second-order valence-electron chi connectivity index (χ2n) is 6.00. The van der Waals surface area contributed by atoms with Gasteiger partial charge in [-0.3, -0.25) is 14.4 Å². The maximum atomic E-state index is 12.2. The summed E-state index contributed by atoms with van der Waals surface area (Å²) in [6.07, 6.45) is 0.0738. The van der Waals surface area contributed by atoms with Crippen molar-refractivity contribution in [2.24, 2.45) is 5.92 Å². The molecule has 1 aliphatic heterocycles. The van der Waals surface area contributed by atoms with Gasteiger partial charge in [0.05, 0.1) is 13.0 Å². The number of ketones is 1. The zero-order valence-corrected chi connectivity index (χ0v) is 14.4. The van der Waals surface area contributed by atoms with E-state index < -0.39 is 11.9 Å². The highest BCUT2D eigenvalue weighted by molar-refractivity contribution is 6.01. The van der Waals surface area contributed by atoms with Gasteiger partial charge in [0.25, 0.3) is 0 Å². The van der Waals surface area contributed by atoms with E-state index in [2.05, 4.69) is 0 Å². The molecule has 0 radical (unpaired) electrons. The summed E-state index contributed by atoms with van der Waals surface area (Å²) in [5.41, 5.74) is 1.19. The minimum Gasteiger partial charge on any atom is -0.497 e. The van der Waals surface area contributed by atoms with Gasteiger partial charge in [0.15, 0.2) is 12.4 Å². The number of carbonyl (C=O) groups excluding carboxylic acids is 3. The van der Waals surface area contributed by atoms with Gasteiger partial charge in [-0.25, -0.2) is 0 Å². The molecule has 1 saturated heterocycles. The monoisotopic (exact) mass is 353 g/mol. The largest absolute Gasteiger partial charge is 0.497 e. The van der Waals surface area contributed by atoms with E-state index in [0.717, 1.165) is 0 Å². The molecular weight excluding hydrogens is 334 g/mol. The van der Waals surface area contributed by atoms with Crippen LogP contribution in [0.4, 0.5) is 5.69 Å². The molecule has 2 aromatic carbocycles. The van der Waals surface area contributed by atoms with Crippen LogP contribution in [0.1, 0.15) is 16.8 Å². The first-order chi connectivity index (χ1) is 12.6. The lowest BCUT2D eigenvalue weighted by atomic mass is 10.1. The Balaban J connectivity index is 1.57. The fraction of sp³-hybridized carbons (Fsp3) is 0.250. The van der Waals surface area contributed by atoms with Crippen molar-refractivity contribution in [3.63, 3.8) is 0 Å². The van der Waals surface area contributed by atoms with Crippen LogP contribution < -0.4 is 9.64 Å². The lowest BCUT2D eigenvalue weighted by molar-refractivity contribution is -0.147. The zero-order chi connectivity index (χ0) is 18.5. The van der Waals surface area contributed by atoms with Crippen LogP contribution in [0.3, 0.4) is 0 Å². The van der Waals surface area contributed by atoms with E-state index in [1.54, 1.807) is 66.6 Å². The molecule has 3 rings (SSSR count). The molecule has 1 amide bonds. The fourth-order valence-electron chi connectivity index (χ4n) is 2.84. The third-order valence-electron chi connectivity index (χ3n) is 4.28. The number of hydrogen-bond acceptors (Lipinski definition) is 5. The number of esters is 1. The number of methoxy groups -OCH3 is 1. The molecule has 0 spiro atoms. The first-order valence-corrected chi connectivity index (χ1v) is 8.28. The standard InChI is InChI=1S/C20H19NO5/c1-25-17-9-7-16(8-10-17)21-12-15(11-19(21)23)20(24)26-13-18(22)14-5-3-2-4-6-14/h2-10,15H,11-13H2,1H3/t15-/m1/s1. The number of carbonyl (C=O) groups is 3. The van der Waals surface area contributed by atoms with Crippen molar-refractivity contribution in [2.45, 2.75) is 6.42 Å². The van der Waals surface area contributed by atoms with Crippen LogP contribution in [0.25, 0.3) is 0 Å². The number of anilines is 1. The highest BCUT2D eigenvalue weighted by Gasteiger charge is 2.36. The van der Waals surface area contributed by atoms with E-state index >= 15 is 0 Å². The van der Waals surface area contributed by atoms with E-state index in [1.165, 1.54) is 0 Å². The van der Waals surface area contributed by atoms with Gasteiger partial charge in [-0.15, -0.1) is 0 Å². The minimum atomic E-state index is -0.576. The van der Waals surface area contributed by atoms with Crippen LogP contribution in [-0.2, 0) is 14.3 Å². The van der Waals surface area contributed by atoms with Crippen molar-refractivity contribution in [2.75, 3.05) is 25.2 Å². The number of Topliss-reactive ketones (excluding diaryl/α,β-unsaturated/α-hetero) is 1. The quantitative estimate of drug-likeness (QED) is 0.589. The maximum Gasteiger partial charge on any atom is 0.311 e. The number of ether oxygens (including phenoxy) is 2. The molecule has 6 heteroatoms. The highest BCUT2D eigenvalue weighted by atomic mass is 16.5. The van der Waals surface area contributed by atoms with Gasteiger partial charge >= 0.3 is 5.97 Å². The van der Waals surface area contributed by atoms with E-state index in [4.69, 9.17) is 9.47 Å². The lowest BCUT2D eigenvalue weighted by Crippen LogP contribution is -2.27. The first-order valence-electron chi connectivity index (χ1n) is 8.28. The molecule has 1 aliphatic rings. The number of rotatable bonds is 6. The lowest BCUT2D eigenvalue weighted by Gasteiger charge is -2.16. The van der Waals surface area contributed by atoms with Gasteiger partial charge in [-0.2, -0.15) is 0 Å². The van der Waals surface area contributed by atoms with Gasteiger partial charge in [-0.05, 0) is 24.3 Å². The van der Waals surface area contributed by atoms with Crippen molar-refractivity contribution in [1.29, 1.82) is 0 Å². The van der Waals surface area contributed by atoms with Gasteiger partial charge in [0, 0.05) is 24.2 Å². The van der Waals surface area contributed by atoms with Crippen molar-refractivity contribution in [3.05, 3.63) is 60.2 Å². The summed E-state index contributed by atoms with van der Waals surface area (Å²) in [5.74, 6) is -0.829. The fourth-order valence-corrected chi connectivity index (χ4v) is 2.84. The Morgan fingerprint density at radius 2 is 1.77 bits per heavy atom. The Kier molecular flexibility index (Phi) is 5.31.